The minimum absolute atomic E-state index is 0.236. The van der Waals surface area contributed by atoms with Crippen LogP contribution in [0.4, 0.5) is 0 Å². The number of Topliss-reactive ketones (excluding diaryl/α,β-unsaturated/α-hetero) is 1. The summed E-state index contributed by atoms with van der Waals surface area (Å²) in [7, 11) is 0. The third-order valence-corrected chi connectivity index (χ3v) is 2.95. The summed E-state index contributed by atoms with van der Waals surface area (Å²) >= 11 is 0. The summed E-state index contributed by atoms with van der Waals surface area (Å²) in [6, 6.07) is 0. The van der Waals surface area contributed by atoms with Gasteiger partial charge in [-0.3, -0.25) is 4.79 Å². The number of hydrogen-bond acceptors (Lipinski definition) is 1. The summed E-state index contributed by atoms with van der Waals surface area (Å²) in [5.41, 5.74) is 0.236. The van der Waals surface area contributed by atoms with Crippen molar-refractivity contribution in [3.05, 3.63) is 0 Å². The van der Waals surface area contributed by atoms with Crippen molar-refractivity contribution in [1.29, 1.82) is 0 Å². The third kappa shape index (κ3) is 0.480. The van der Waals surface area contributed by atoms with Crippen LogP contribution in [0.5, 0.6) is 0 Å². The maximum atomic E-state index is 11.2. The second-order valence-corrected chi connectivity index (χ2v) is 3.54. The highest BCUT2D eigenvalue weighted by atomic mass is 16.1. The standard InChI is InChI=1S/C8H12O/c1-2-7(9)8-3-6(4-8)5-8/h6H,2-5H2,1H3. The largest absolute Gasteiger partial charge is 0.299 e. The summed E-state index contributed by atoms with van der Waals surface area (Å²) in [6.07, 6.45) is 4.42. The smallest absolute Gasteiger partial charge is 0.138 e. The topological polar surface area (TPSA) is 17.1 Å². The monoisotopic (exact) mass is 124 g/mol. The molecule has 2 bridgehead atoms. The van der Waals surface area contributed by atoms with Gasteiger partial charge in [0.1, 0.15) is 5.78 Å². The molecule has 0 saturated heterocycles. The fraction of sp³-hybridized carbons (Fsp3) is 0.875. The van der Waals surface area contributed by atoms with Crippen molar-refractivity contribution in [3.63, 3.8) is 0 Å². The Morgan fingerprint density at radius 1 is 1.56 bits per heavy atom. The molecule has 3 aliphatic carbocycles. The van der Waals surface area contributed by atoms with E-state index in [1.807, 2.05) is 6.92 Å². The zero-order chi connectivity index (χ0) is 6.48. The van der Waals surface area contributed by atoms with E-state index < -0.39 is 0 Å². The van der Waals surface area contributed by atoms with Crippen LogP contribution in [0.15, 0.2) is 0 Å². The zero-order valence-electron chi connectivity index (χ0n) is 5.81. The lowest BCUT2D eigenvalue weighted by Gasteiger charge is -2.60. The number of hydrogen-bond donors (Lipinski definition) is 0. The minimum Gasteiger partial charge on any atom is -0.299 e. The van der Waals surface area contributed by atoms with E-state index >= 15 is 0 Å². The third-order valence-electron chi connectivity index (χ3n) is 2.95. The Kier molecular flexibility index (Phi) is 0.842. The van der Waals surface area contributed by atoms with E-state index in [1.165, 1.54) is 19.3 Å². The van der Waals surface area contributed by atoms with E-state index in [1.54, 1.807) is 0 Å². The highest BCUT2D eigenvalue weighted by Crippen LogP contribution is 2.65. The van der Waals surface area contributed by atoms with Gasteiger partial charge in [0, 0.05) is 11.8 Å². The normalized spacial score (nSPS) is 45.2. The van der Waals surface area contributed by atoms with Crippen molar-refractivity contribution in [2.24, 2.45) is 11.3 Å². The van der Waals surface area contributed by atoms with E-state index in [0.29, 0.717) is 5.78 Å². The van der Waals surface area contributed by atoms with Crippen molar-refractivity contribution >= 4 is 5.78 Å². The van der Waals surface area contributed by atoms with Gasteiger partial charge in [-0.15, -0.1) is 0 Å². The Morgan fingerprint density at radius 2 is 2.11 bits per heavy atom. The molecule has 0 aliphatic heterocycles. The molecule has 0 spiro atoms. The Labute approximate surface area is 55.4 Å². The molecule has 0 heterocycles. The highest BCUT2D eigenvalue weighted by molar-refractivity contribution is 5.87. The first-order chi connectivity index (χ1) is 4.27. The first-order valence-electron chi connectivity index (χ1n) is 3.80. The maximum absolute atomic E-state index is 11.2. The predicted molar refractivity (Wildman–Crippen MR) is 35.1 cm³/mol. The van der Waals surface area contributed by atoms with Crippen LogP contribution >= 0.6 is 0 Å². The fourth-order valence-corrected chi connectivity index (χ4v) is 2.19. The molecular weight excluding hydrogens is 112 g/mol. The Morgan fingerprint density at radius 3 is 2.22 bits per heavy atom. The molecule has 3 saturated carbocycles. The Hall–Kier alpha value is -0.330. The van der Waals surface area contributed by atoms with Gasteiger partial charge >= 0.3 is 0 Å². The molecule has 0 aromatic carbocycles. The molecule has 0 unspecified atom stereocenters. The first kappa shape index (κ1) is 5.45. The second kappa shape index (κ2) is 1.39. The van der Waals surface area contributed by atoms with Gasteiger partial charge in [0.05, 0.1) is 0 Å². The molecule has 0 aromatic heterocycles. The second-order valence-electron chi connectivity index (χ2n) is 3.54. The van der Waals surface area contributed by atoms with E-state index in [0.717, 1.165) is 12.3 Å². The average Bonchev–Trinajstić information content (AvgIpc) is 1.57. The number of rotatable bonds is 2. The summed E-state index contributed by atoms with van der Waals surface area (Å²) in [5.74, 6) is 1.46. The molecule has 1 heteroatoms. The molecule has 0 N–H and O–H groups in total. The molecular formula is C8H12O. The quantitative estimate of drug-likeness (QED) is 0.548. The molecule has 3 fully saturated rings. The predicted octanol–water partition coefficient (Wildman–Crippen LogP) is 1.77. The van der Waals surface area contributed by atoms with Crippen LogP contribution in [0, 0.1) is 11.3 Å². The molecule has 9 heavy (non-hydrogen) atoms. The van der Waals surface area contributed by atoms with Crippen LogP contribution in [0.3, 0.4) is 0 Å². The Bertz CT molecular complexity index is 143. The van der Waals surface area contributed by atoms with Crippen LogP contribution < -0.4 is 0 Å². The van der Waals surface area contributed by atoms with Gasteiger partial charge in [0.25, 0.3) is 0 Å². The molecule has 0 atom stereocenters. The summed E-state index contributed by atoms with van der Waals surface area (Å²) in [6.45, 7) is 1.97. The molecule has 50 valence electrons. The van der Waals surface area contributed by atoms with Crippen molar-refractivity contribution in [3.8, 4) is 0 Å². The zero-order valence-corrected chi connectivity index (χ0v) is 5.81. The highest BCUT2D eigenvalue weighted by Gasteiger charge is 2.60. The summed E-state index contributed by atoms with van der Waals surface area (Å²) < 4.78 is 0. The van der Waals surface area contributed by atoms with Gasteiger partial charge in [-0.05, 0) is 25.2 Å². The van der Waals surface area contributed by atoms with Crippen LogP contribution in [0.25, 0.3) is 0 Å². The maximum Gasteiger partial charge on any atom is 0.138 e. The SMILES string of the molecule is CCC(=O)C12CC(C1)C2. The van der Waals surface area contributed by atoms with Crippen molar-refractivity contribution in [2.75, 3.05) is 0 Å². The Balaban J connectivity index is 2.05. The first-order valence-corrected chi connectivity index (χ1v) is 3.80. The van der Waals surface area contributed by atoms with Gasteiger partial charge in [-0.25, -0.2) is 0 Å². The van der Waals surface area contributed by atoms with E-state index in [4.69, 9.17) is 0 Å². The molecule has 0 amide bonds. The van der Waals surface area contributed by atoms with Gasteiger partial charge in [0.2, 0.25) is 0 Å². The number of carbonyl (C=O) groups is 1. The van der Waals surface area contributed by atoms with Crippen LogP contribution in [-0.2, 0) is 4.79 Å². The lowest BCUT2D eigenvalue weighted by atomic mass is 9.43. The van der Waals surface area contributed by atoms with Crippen molar-refractivity contribution in [1.82, 2.24) is 0 Å². The van der Waals surface area contributed by atoms with Gasteiger partial charge in [-0.2, -0.15) is 0 Å². The minimum atomic E-state index is 0.236. The van der Waals surface area contributed by atoms with Crippen LogP contribution in [0.1, 0.15) is 32.6 Å². The van der Waals surface area contributed by atoms with Crippen LogP contribution in [-0.4, -0.2) is 5.78 Å². The van der Waals surface area contributed by atoms with Crippen molar-refractivity contribution < 1.29 is 4.79 Å². The van der Waals surface area contributed by atoms with E-state index in [-0.39, 0.29) is 5.41 Å². The lowest BCUT2D eigenvalue weighted by molar-refractivity contribution is -0.162. The van der Waals surface area contributed by atoms with Crippen molar-refractivity contribution in [2.45, 2.75) is 32.6 Å². The molecule has 0 aromatic rings. The molecule has 1 nitrogen and oxygen atoms in total. The summed E-state index contributed by atoms with van der Waals surface area (Å²) in [4.78, 5) is 11.2. The number of carbonyl (C=O) groups excluding carboxylic acids is 1. The lowest BCUT2D eigenvalue weighted by Crippen LogP contribution is -2.56. The van der Waals surface area contributed by atoms with Gasteiger partial charge in [-0.1, -0.05) is 6.92 Å². The van der Waals surface area contributed by atoms with E-state index in [2.05, 4.69) is 0 Å². The molecule has 3 aliphatic rings. The summed E-state index contributed by atoms with van der Waals surface area (Å²) in [5, 5.41) is 0. The van der Waals surface area contributed by atoms with Gasteiger partial charge in [0.15, 0.2) is 0 Å². The fourth-order valence-electron chi connectivity index (χ4n) is 2.19. The average molecular weight is 124 g/mol. The van der Waals surface area contributed by atoms with Gasteiger partial charge < -0.3 is 0 Å². The van der Waals surface area contributed by atoms with E-state index in [9.17, 15) is 4.79 Å². The molecule has 0 radical (unpaired) electrons. The van der Waals surface area contributed by atoms with Crippen LogP contribution in [0.2, 0.25) is 0 Å². The molecule has 3 rings (SSSR count). The number of ketones is 1.